The molecule has 0 bridgehead atoms. The minimum absolute atomic E-state index is 0. The van der Waals surface area contributed by atoms with E-state index >= 15 is 0 Å². The number of hydrogen-bond donors (Lipinski definition) is 0. The van der Waals surface area contributed by atoms with E-state index in [0.717, 1.165) is 0 Å². The van der Waals surface area contributed by atoms with Crippen LogP contribution in [0.1, 0.15) is 0 Å². The Bertz CT molecular complexity index is 24.8. The van der Waals surface area contributed by atoms with E-state index in [9.17, 15) is 4.53 Å². The van der Waals surface area contributed by atoms with Crippen molar-refractivity contribution < 1.29 is 19.4 Å². The van der Waals surface area contributed by atoms with E-state index in [1.54, 1.807) is 0 Å². The number of hydrogen-bond acceptors (Lipinski definition) is 3. The van der Waals surface area contributed by atoms with Crippen molar-refractivity contribution in [2.24, 2.45) is 0 Å². The van der Waals surface area contributed by atoms with E-state index in [-0.39, 0.29) is 45.5 Å². The van der Waals surface area contributed by atoms with Crippen LogP contribution in [0.2, 0.25) is 0 Å². The predicted molar refractivity (Wildman–Crippen MR) is 13.7 cm³/mol. The molecule has 0 rings (SSSR count). The minimum Gasteiger partial charge on any atom is -0.868 e. The van der Waals surface area contributed by atoms with Crippen molar-refractivity contribution in [2.45, 2.75) is 0 Å². The second kappa shape index (κ2) is 6.36. The first-order valence-corrected chi connectivity index (χ1v) is 0.861. The summed E-state index contributed by atoms with van der Waals surface area (Å²) >= 11 is 0. The molecule has 30 valence electrons. The fourth-order valence-corrected chi connectivity index (χ4v) is 0. The summed E-state index contributed by atoms with van der Waals surface area (Å²) in [6.45, 7) is 0. The second-order valence-corrected chi connectivity index (χ2v) is 0.378. The molecule has 0 spiro atoms. The van der Waals surface area contributed by atoms with Crippen LogP contribution in [0, 0.1) is 0 Å². The molecule has 6 heavy (non-hydrogen) atoms. The first kappa shape index (κ1) is 10.4. The summed E-state index contributed by atoms with van der Waals surface area (Å²) < 4.78 is 9.99. The van der Waals surface area contributed by atoms with Gasteiger partial charge in [0.2, 0.25) is 0 Å². The molecule has 0 amide bonds. The standard InChI is InChI=1S/BFO3.Sr/c2-5-1(3)4;/q-2;+2. The predicted octanol–water partition coefficient (Wildman–Crippen LogP) is -2.79. The van der Waals surface area contributed by atoms with Crippen molar-refractivity contribution in [3.63, 3.8) is 0 Å². The Labute approximate surface area is 71.5 Å². The summed E-state index contributed by atoms with van der Waals surface area (Å²) in [4.78, 5) is 2.14. The quantitative estimate of drug-likeness (QED) is 0.395. The van der Waals surface area contributed by atoms with E-state index in [1.807, 2.05) is 0 Å². The Kier molecular flexibility index (Phi) is 11.0. The Morgan fingerprint density at radius 1 is 1.50 bits per heavy atom. The van der Waals surface area contributed by atoms with Crippen LogP contribution in [0.3, 0.4) is 0 Å². The largest absolute Gasteiger partial charge is 2.00 e. The first-order chi connectivity index (χ1) is 2.27. The Morgan fingerprint density at radius 3 is 1.67 bits per heavy atom. The van der Waals surface area contributed by atoms with E-state index in [4.69, 9.17) is 10.0 Å². The molecule has 0 N–H and O–H groups in total. The topological polar surface area (TPSA) is 55.3 Å². The third-order valence-corrected chi connectivity index (χ3v) is 0.0727. The van der Waals surface area contributed by atoms with Crippen molar-refractivity contribution in [2.75, 3.05) is 0 Å². The van der Waals surface area contributed by atoms with Crippen LogP contribution < -0.4 is 10.0 Å². The molecule has 0 atom stereocenters. The average Bonchev–Trinajstić information content (AvgIpc) is 1.38. The van der Waals surface area contributed by atoms with Crippen LogP contribution in [0.5, 0.6) is 0 Å². The SMILES string of the molecule is [O-]B([O-])OF.[Sr+2]. The van der Waals surface area contributed by atoms with Gasteiger partial charge in [0.25, 0.3) is 0 Å². The maximum Gasteiger partial charge on any atom is 2.00 e. The summed E-state index contributed by atoms with van der Waals surface area (Å²) in [5.74, 6) is 0. The van der Waals surface area contributed by atoms with Crippen molar-refractivity contribution in [3.05, 3.63) is 0 Å². The van der Waals surface area contributed by atoms with Crippen LogP contribution in [-0.4, -0.2) is 52.8 Å². The first-order valence-electron chi connectivity index (χ1n) is 0.861. The molecule has 0 aliphatic heterocycles. The Morgan fingerprint density at radius 2 is 1.67 bits per heavy atom. The average molecular weight is 165 g/mol. The maximum atomic E-state index is 9.99. The Hall–Kier alpha value is 1.36. The molecule has 0 aromatic rings. The van der Waals surface area contributed by atoms with Gasteiger partial charge in [0.15, 0.2) is 0 Å². The van der Waals surface area contributed by atoms with Gasteiger partial charge in [0.1, 0.15) is 7.32 Å². The van der Waals surface area contributed by atoms with Gasteiger partial charge in [-0.2, -0.15) is 0 Å². The van der Waals surface area contributed by atoms with Gasteiger partial charge in [-0.25, -0.2) is 0 Å². The summed E-state index contributed by atoms with van der Waals surface area (Å²) in [5.41, 5.74) is 0. The molecule has 0 unspecified atom stereocenters. The third kappa shape index (κ3) is 9.02. The third-order valence-electron chi connectivity index (χ3n) is 0.0727. The molecule has 0 aromatic carbocycles. The van der Waals surface area contributed by atoms with Crippen LogP contribution in [-0.2, 0) is 4.86 Å². The summed E-state index contributed by atoms with van der Waals surface area (Å²) in [7, 11) is -2.78. The zero-order chi connectivity index (χ0) is 4.28. The smallest absolute Gasteiger partial charge is 0.868 e. The maximum absolute atomic E-state index is 9.99. The molecule has 0 saturated carbocycles. The summed E-state index contributed by atoms with van der Waals surface area (Å²) in [6, 6.07) is 0. The van der Waals surface area contributed by atoms with Gasteiger partial charge in [0, 0.05) is 0 Å². The molecule has 0 heterocycles. The van der Waals surface area contributed by atoms with Crippen molar-refractivity contribution in [1.82, 2.24) is 0 Å². The van der Waals surface area contributed by atoms with Crippen LogP contribution in [0.15, 0.2) is 0 Å². The molecule has 6 heteroatoms. The molecular weight excluding hydrogens is 165 g/mol. The van der Waals surface area contributed by atoms with Gasteiger partial charge in [-0.3, -0.25) is 0 Å². The van der Waals surface area contributed by atoms with Crippen molar-refractivity contribution in [1.29, 1.82) is 0 Å². The van der Waals surface area contributed by atoms with E-state index in [1.165, 1.54) is 0 Å². The van der Waals surface area contributed by atoms with E-state index < -0.39 is 7.32 Å². The molecule has 0 aliphatic rings. The van der Waals surface area contributed by atoms with Crippen LogP contribution in [0.4, 0.5) is 4.53 Å². The Balaban J connectivity index is 0. The number of halogens is 1. The van der Waals surface area contributed by atoms with Gasteiger partial charge in [-0.1, -0.05) is 4.53 Å². The van der Waals surface area contributed by atoms with Gasteiger partial charge >= 0.3 is 45.5 Å². The van der Waals surface area contributed by atoms with E-state index in [0.29, 0.717) is 0 Å². The van der Waals surface area contributed by atoms with Crippen LogP contribution in [0.25, 0.3) is 0 Å². The molecule has 0 radical (unpaired) electrons. The molecular formula is BFO3Sr. The molecule has 0 aliphatic carbocycles. The van der Waals surface area contributed by atoms with Gasteiger partial charge in [0.05, 0.1) is 0 Å². The zero-order valence-electron chi connectivity index (χ0n) is 2.89. The number of rotatable bonds is 1. The second-order valence-electron chi connectivity index (χ2n) is 0.378. The van der Waals surface area contributed by atoms with E-state index in [2.05, 4.69) is 4.86 Å². The zero-order valence-corrected chi connectivity index (χ0v) is 6.36. The van der Waals surface area contributed by atoms with Gasteiger partial charge in [-0.05, 0) is 0 Å². The van der Waals surface area contributed by atoms with Crippen molar-refractivity contribution in [3.8, 4) is 0 Å². The van der Waals surface area contributed by atoms with Gasteiger partial charge in [-0.15, -0.1) is 0 Å². The fraction of sp³-hybridized carbons (Fsp3) is 0. The summed E-state index contributed by atoms with van der Waals surface area (Å²) in [6.07, 6.45) is 0. The molecule has 3 nitrogen and oxygen atoms in total. The summed E-state index contributed by atoms with van der Waals surface area (Å²) in [5, 5.41) is 17.5. The van der Waals surface area contributed by atoms with Gasteiger partial charge < -0.3 is 14.9 Å². The molecule has 0 aromatic heterocycles. The van der Waals surface area contributed by atoms with Crippen LogP contribution >= 0.6 is 0 Å². The normalized spacial score (nSPS) is 6.50. The molecule has 0 fully saturated rings. The molecule has 0 saturated heterocycles. The van der Waals surface area contributed by atoms with Crippen molar-refractivity contribution >= 4 is 52.8 Å². The monoisotopic (exact) mass is 166 g/mol. The fourth-order valence-electron chi connectivity index (χ4n) is 0. The minimum atomic E-state index is -2.78.